The predicted molar refractivity (Wildman–Crippen MR) is 120 cm³/mol. The maximum absolute atomic E-state index is 13.3. The Labute approximate surface area is 191 Å². The Hall–Kier alpha value is -4.25. The van der Waals surface area contributed by atoms with Gasteiger partial charge in [0.2, 0.25) is 11.8 Å². The minimum Gasteiger partial charge on any atom is -0.351 e. The van der Waals surface area contributed by atoms with Crippen molar-refractivity contribution in [2.45, 2.75) is 12.5 Å². The molecule has 5 rings (SSSR count). The van der Waals surface area contributed by atoms with Gasteiger partial charge >= 0.3 is 0 Å². The lowest BCUT2D eigenvalue weighted by molar-refractivity contribution is -0.123. The molecule has 2 aromatic carbocycles. The molecule has 1 unspecified atom stereocenters. The van der Waals surface area contributed by atoms with Gasteiger partial charge in [0, 0.05) is 28.0 Å². The number of para-hydroxylation sites is 1. The number of halogens is 1. The smallest absolute Gasteiger partial charge is 0.269 e. The van der Waals surface area contributed by atoms with E-state index in [0.29, 0.717) is 22.8 Å². The number of aromatic amines is 2. The number of H-pyrrole nitrogens is 2. The minimum absolute atomic E-state index is 0.00140. The summed E-state index contributed by atoms with van der Waals surface area (Å²) >= 11 is 6.02. The van der Waals surface area contributed by atoms with E-state index in [9.17, 15) is 14.4 Å². The van der Waals surface area contributed by atoms with Gasteiger partial charge in [-0.05, 0) is 41.1 Å². The quantitative estimate of drug-likeness (QED) is 0.353. The van der Waals surface area contributed by atoms with Gasteiger partial charge in [-0.25, -0.2) is 0 Å². The standard InChI is InChI=1S/C21H17ClN8O3/c22-13-5-6-14-12(7-13)9-15(23-14)19(32)24-16-8-11-3-1-2-4-17(11)30(20(16)33)10-18(31)25-21-26-28-29-27-21/h1-7,9,16,23H,8,10H2,(H,24,32)(H2,25,26,27,28,29,31). The molecule has 1 aliphatic heterocycles. The third kappa shape index (κ3) is 4.13. The van der Waals surface area contributed by atoms with E-state index in [4.69, 9.17) is 11.6 Å². The van der Waals surface area contributed by atoms with Crippen LogP contribution in [-0.2, 0) is 16.0 Å². The van der Waals surface area contributed by atoms with E-state index in [2.05, 4.69) is 36.2 Å². The van der Waals surface area contributed by atoms with Crippen molar-refractivity contribution in [1.29, 1.82) is 0 Å². The number of nitrogens with one attached hydrogen (secondary N) is 4. The number of anilines is 2. The highest BCUT2D eigenvalue weighted by Gasteiger charge is 2.35. The monoisotopic (exact) mass is 464 g/mol. The lowest BCUT2D eigenvalue weighted by atomic mass is 9.97. The van der Waals surface area contributed by atoms with Crippen molar-refractivity contribution < 1.29 is 14.4 Å². The molecule has 33 heavy (non-hydrogen) atoms. The van der Waals surface area contributed by atoms with Crippen LogP contribution in [0.25, 0.3) is 10.9 Å². The predicted octanol–water partition coefficient (Wildman–Crippen LogP) is 1.66. The fourth-order valence-electron chi connectivity index (χ4n) is 3.82. The van der Waals surface area contributed by atoms with Gasteiger partial charge < -0.3 is 15.2 Å². The first-order valence-electron chi connectivity index (χ1n) is 9.99. The van der Waals surface area contributed by atoms with Crippen molar-refractivity contribution in [3.8, 4) is 0 Å². The zero-order chi connectivity index (χ0) is 22.9. The first-order valence-corrected chi connectivity index (χ1v) is 10.4. The van der Waals surface area contributed by atoms with Gasteiger partial charge in [-0.15, -0.1) is 5.10 Å². The number of benzene rings is 2. The SMILES string of the molecule is O=C(CN1C(=O)C(NC(=O)c2cc3cc(Cl)ccc3[nH]2)Cc2ccccc21)Nc1nn[nH]n1. The summed E-state index contributed by atoms with van der Waals surface area (Å²) in [6.07, 6.45) is 0.301. The Kier molecular flexibility index (Phi) is 5.23. The number of carbonyl (C=O) groups is 3. The van der Waals surface area contributed by atoms with Gasteiger partial charge in [0.1, 0.15) is 18.3 Å². The number of aromatic nitrogens is 5. The number of hydrogen-bond acceptors (Lipinski definition) is 6. The molecule has 0 radical (unpaired) electrons. The minimum atomic E-state index is -0.847. The lowest BCUT2D eigenvalue weighted by Crippen LogP contribution is -2.54. The molecule has 0 saturated carbocycles. The Morgan fingerprint density at radius 3 is 2.85 bits per heavy atom. The number of nitrogens with zero attached hydrogens (tertiary/aromatic N) is 4. The molecule has 4 aromatic rings. The van der Waals surface area contributed by atoms with Crippen LogP contribution in [0.1, 0.15) is 16.1 Å². The summed E-state index contributed by atoms with van der Waals surface area (Å²) < 4.78 is 0. The Balaban J connectivity index is 1.37. The zero-order valence-electron chi connectivity index (χ0n) is 17.0. The average Bonchev–Trinajstić information content (AvgIpc) is 3.46. The highest BCUT2D eigenvalue weighted by molar-refractivity contribution is 6.31. The van der Waals surface area contributed by atoms with Crippen LogP contribution in [0.3, 0.4) is 0 Å². The van der Waals surface area contributed by atoms with Crippen molar-refractivity contribution in [1.82, 2.24) is 30.9 Å². The van der Waals surface area contributed by atoms with E-state index in [1.807, 2.05) is 12.1 Å². The van der Waals surface area contributed by atoms with Gasteiger partial charge in [-0.2, -0.15) is 5.21 Å². The summed E-state index contributed by atoms with van der Waals surface area (Å²) in [5.74, 6) is -1.33. The van der Waals surface area contributed by atoms with Crippen molar-refractivity contribution in [3.05, 3.63) is 64.8 Å². The largest absolute Gasteiger partial charge is 0.351 e. The molecule has 3 heterocycles. The maximum atomic E-state index is 13.3. The number of tetrazole rings is 1. The molecule has 2 aromatic heterocycles. The fourth-order valence-corrected chi connectivity index (χ4v) is 4.00. The van der Waals surface area contributed by atoms with Crippen LogP contribution < -0.4 is 15.5 Å². The van der Waals surface area contributed by atoms with Crippen molar-refractivity contribution in [3.63, 3.8) is 0 Å². The van der Waals surface area contributed by atoms with Gasteiger partial charge in [0.05, 0.1) is 0 Å². The maximum Gasteiger partial charge on any atom is 0.269 e. The molecule has 166 valence electrons. The molecular formula is C21H17ClN8O3. The molecule has 4 N–H and O–H groups in total. The van der Waals surface area contributed by atoms with Crippen LogP contribution in [0.5, 0.6) is 0 Å². The Morgan fingerprint density at radius 2 is 2.03 bits per heavy atom. The number of amides is 3. The molecule has 3 amide bonds. The van der Waals surface area contributed by atoms with Crippen LogP contribution in [0.15, 0.2) is 48.5 Å². The normalized spacial score (nSPS) is 15.4. The van der Waals surface area contributed by atoms with Crippen LogP contribution in [0.2, 0.25) is 5.02 Å². The zero-order valence-corrected chi connectivity index (χ0v) is 17.8. The van der Waals surface area contributed by atoms with Crippen LogP contribution >= 0.6 is 11.6 Å². The van der Waals surface area contributed by atoms with E-state index in [1.165, 1.54) is 4.90 Å². The molecule has 12 heteroatoms. The summed E-state index contributed by atoms with van der Waals surface area (Å²) in [4.78, 5) is 43.0. The topological polar surface area (TPSA) is 149 Å². The van der Waals surface area contributed by atoms with Gasteiger partial charge in [0.25, 0.3) is 11.9 Å². The molecule has 11 nitrogen and oxygen atoms in total. The number of fused-ring (bicyclic) bond motifs is 2. The van der Waals surface area contributed by atoms with E-state index in [0.717, 1.165) is 16.5 Å². The molecule has 0 spiro atoms. The van der Waals surface area contributed by atoms with Gasteiger partial charge in [-0.3, -0.25) is 19.7 Å². The summed E-state index contributed by atoms with van der Waals surface area (Å²) in [5.41, 5.74) is 2.50. The van der Waals surface area contributed by atoms with E-state index >= 15 is 0 Å². The second-order valence-electron chi connectivity index (χ2n) is 7.48. The van der Waals surface area contributed by atoms with Crippen LogP contribution in [-0.4, -0.2) is 55.9 Å². The molecule has 0 aliphatic carbocycles. The molecule has 0 fully saturated rings. The molecule has 0 bridgehead atoms. The van der Waals surface area contributed by atoms with E-state index < -0.39 is 23.8 Å². The summed E-state index contributed by atoms with van der Waals surface area (Å²) in [6, 6.07) is 13.3. The van der Waals surface area contributed by atoms with Crippen LogP contribution in [0.4, 0.5) is 11.6 Å². The summed E-state index contributed by atoms with van der Waals surface area (Å²) in [5, 5.41) is 19.6. The third-order valence-electron chi connectivity index (χ3n) is 5.30. The van der Waals surface area contributed by atoms with Crippen molar-refractivity contribution in [2.75, 3.05) is 16.8 Å². The Morgan fingerprint density at radius 1 is 1.18 bits per heavy atom. The van der Waals surface area contributed by atoms with Crippen molar-refractivity contribution in [2.24, 2.45) is 0 Å². The first-order chi connectivity index (χ1) is 16.0. The molecule has 1 aliphatic rings. The highest BCUT2D eigenvalue weighted by atomic mass is 35.5. The van der Waals surface area contributed by atoms with Crippen molar-refractivity contribution >= 4 is 51.9 Å². The number of rotatable bonds is 5. The molecular weight excluding hydrogens is 448 g/mol. The van der Waals surface area contributed by atoms with Gasteiger partial charge in [0.15, 0.2) is 0 Å². The van der Waals surface area contributed by atoms with Crippen LogP contribution in [0, 0.1) is 0 Å². The molecule has 1 atom stereocenters. The van der Waals surface area contributed by atoms with E-state index in [-0.39, 0.29) is 12.5 Å². The lowest BCUT2D eigenvalue weighted by Gasteiger charge is -2.33. The number of hydrogen-bond donors (Lipinski definition) is 4. The highest BCUT2D eigenvalue weighted by Crippen LogP contribution is 2.28. The van der Waals surface area contributed by atoms with E-state index in [1.54, 1.807) is 36.4 Å². The Bertz CT molecular complexity index is 1370. The second kappa shape index (κ2) is 8.36. The second-order valence-corrected chi connectivity index (χ2v) is 7.92. The average molecular weight is 465 g/mol. The first kappa shape index (κ1) is 20.6. The number of carbonyl (C=O) groups excluding carboxylic acids is 3. The fraction of sp³-hybridized carbons (Fsp3) is 0.143. The third-order valence-corrected chi connectivity index (χ3v) is 5.54. The summed E-state index contributed by atoms with van der Waals surface area (Å²) in [6.45, 7) is -0.276. The van der Waals surface area contributed by atoms with Gasteiger partial charge in [-0.1, -0.05) is 34.9 Å². The molecule has 0 saturated heterocycles. The summed E-state index contributed by atoms with van der Waals surface area (Å²) in [7, 11) is 0.